The van der Waals surface area contributed by atoms with Gasteiger partial charge in [0.25, 0.3) is 0 Å². The predicted octanol–water partition coefficient (Wildman–Crippen LogP) is 6.35. The molecule has 0 aliphatic heterocycles. The van der Waals surface area contributed by atoms with Gasteiger partial charge in [0.05, 0.1) is 0 Å². The average molecular weight is 696 g/mol. The first-order valence-corrected chi connectivity index (χ1v) is 12.2. The van der Waals surface area contributed by atoms with Gasteiger partial charge in [0.2, 0.25) is 40.7 Å². The Hall–Kier alpha value is -6.08. The topological polar surface area (TPSA) is 168 Å². The highest BCUT2D eigenvalue weighted by atomic mass is 19.2. The van der Waals surface area contributed by atoms with E-state index in [0.29, 0.717) is 12.1 Å². The van der Waals surface area contributed by atoms with Crippen molar-refractivity contribution in [2.24, 2.45) is 0 Å². The lowest BCUT2D eigenvalue weighted by atomic mass is 9.82. The summed E-state index contributed by atoms with van der Waals surface area (Å²) in [6.07, 6.45) is -4.03. The molecule has 0 saturated heterocycles. The van der Waals surface area contributed by atoms with E-state index in [1.807, 2.05) is 0 Å². The normalized spacial score (nSPS) is 17.8. The summed E-state index contributed by atoms with van der Waals surface area (Å²) in [4.78, 5) is 45.5. The van der Waals surface area contributed by atoms with Gasteiger partial charge in [0.1, 0.15) is 22.3 Å². The zero-order chi connectivity index (χ0) is 36.2. The van der Waals surface area contributed by atoms with Crippen molar-refractivity contribution in [1.29, 1.82) is 0 Å². The van der Waals surface area contributed by atoms with Crippen LogP contribution in [0, 0.1) is 34.9 Å². The molecule has 2 atom stereocenters. The van der Waals surface area contributed by atoms with Crippen molar-refractivity contribution in [3.05, 3.63) is 116 Å². The standard InChI is InChI=1S/C28H10F10O10/c29-11-7(24(39)40)9(26(43)44)13(31)19(15(11)33)47-20-17(35)22(37)28(23(38)18(20)36,6-4-2-1-3-5-6)48-21-14(32)10(27(45)46)8(25(41)42)12(30)16(21)34/h1-5,22H,(H,39,40)(H,41,42)(H,43,44)(H,45,46). The molecule has 20 heteroatoms. The summed E-state index contributed by atoms with van der Waals surface area (Å²) >= 11 is 0. The van der Waals surface area contributed by atoms with Gasteiger partial charge in [-0.2, -0.15) is 13.2 Å². The maximum absolute atomic E-state index is 16.1. The van der Waals surface area contributed by atoms with Crippen LogP contribution in [-0.2, 0) is 5.60 Å². The predicted molar refractivity (Wildman–Crippen MR) is 132 cm³/mol. The zero-order valence-electron chi connectivity index (χ0n) is 22.5. The summed E-state index contributed by atoms with van der Waals surface area (Å²) in [5, 5.41) is 36.4. The fraction of sp³-hybridized carbons (Fsp3) is 0.0714. The van der Waals surface area contributed by atoms with Crippen LogP contribution in [0.2, 0.25) is 0 Å². The first-order valence-electron chi connectivity index (χ1n) is 12.2. The summed E-state index contributed by atoms with van der Waals surface area (Å²) in [5.41, 5.74) is -14.0. The van der Waals surface area contributed by atoms with Crippen LogP contribution < -0.4 is 9.47 Å². The fourth-order valence-electron chi connectivity index (χ4n) is 4.50. The van der Waals surface area contributed by atoms with Gasteiger partial charge in [-0.1, -0.05) is 30.3 Å². The SMILES string of the molecule is O=C(O)c1c(F)c(F)c(OC2=C(F)C(F)C(Oc3c(F)c(F)c(C(=O)O)c(C(=O)O)c3F)(c3ccccc3)C(F)=C2F)c(F)c1C(=O)O. The van der Waals surface area contributed by atoms with Crippen molar-refractivity contribution in [3.8, 4) is 11.5 Å². The Kier molecular flexibility index (Phi) is 8.89. The highest BCUT2D eigenvalue weighted by molar-refractivity contribution is 6.03. The molecule has 4 rings (SSSR count). The second-order valence-corrected chi connectivity index (χ2v) is 9.24. The summed E-state index contributed by atoms with van der Waals surface area (Å²) in [6, 6.07) is 4.07. The van der Waals surface area contributed by atoms with Crippen LogP contribution in [0.1, 0.15) is 47.0 Å². The third kappa shape index (κ3) is 5.10. The molecule has 252 valence electrons. The second kappa shape index (κ2) is 12.3. The average Bonchev–Trinajstić information content (AvgIpc) is 3.02. The molecule has 0 radical (unpaired) electrons. The number of rotatable bonds is 9. The summed E-state index contributed by atoms with van der Waals surface area (Å²) in [6.45, 7) is 0. The number of hydrogen-bond donors (Lipinski definition) is 4. The van der Waals surface area contributed by atoms with E-state index in [1.165, 1.54) is 0 Å². The number of carboxylic acids is 4. The van der Waals surface area contributed by atoms with E-state index < -0.39 is 133 Å². The van der Waals surface area contributed by atoms with Crippen molar-refractivity contribution in [2.75, 3.05) is 0 Å². The van der Waals surface area contributed by atoms with Crippen molar-refractivity contribution in [2.45, 2.75) is 11.8 Å². The van der Waals surface area contributed by atoms with Gasteiger partial charge in [-0.25, -0.2) is 49.9 Å². The number of ether oxygens (including phenoxy) is 2. The van der Waals surface area contributed by atoms with Crippen molar-refractivity contribution in [1.82, 2.24) is 0 Å². The third-order valence-electron chi connectivity index (χ3n) is 6.60. The summed E-state index contributed by atoms with van der Waals surface area (Å²) < 4.78 is 161. The first kappa shape index (κ1) is 34.8. The second-order valence-electron chi connectivity index (χ2n) is 9.24. The van der Waals surface area contributed by atoms with E-state index in [4.69, 9.17) is 15.3 Å². The van der Waals surface area contributed by atoms with Crippen LogP contribution in [0.25, 0.3) is 0 Å². The molecule has 0 fully saturated rings. The van der Waals surface area contributed by atoms with Gasteiger partial charge in [0.15, 0.2) is 40.7 Å². The molecule has 3 aromatic rings. The molecule has 1 aliphatic carbocycles. The smallest absolute Gasteiger partial charge is 0.339 e. The molecule has 0 spiro atoms. The Labute approximate surface area is 257 Å². The highest BCUT2D eigenvalue weighted by Gasteiger charge is 2.58. The maximum atomic E-state index is 16.1. The Balaban J connectivity index is 2.02. The molecule has 10 nitrogen and oxygen atoms in total. The largest absolute Gasteiger partial charge is 0.478 e. The lowest BCUT2D eigenvalue weighted by Crippen LogP contribution is -2.47. The van der Waals surface area contributed by atoms with Crippen LogP contribution >= 0.6 is 0 Å². The molecule has 0 saturated carbocycles. The van der Waals surface area contributed by atoms with Gasteiger partial charge < -0.3 is 29.9 Å². The van der Waals surface area contributed by atoms with Crippen molar-refractivity contribution in [3.63, 3.8) is 0 Å². The third-order valence-corrected chi connectivity index (χ3v) is 6.60. The van der Waals surface area contributed by atoms with Crippen LogP contribution in [0.15, 0.2) is 53.6 Å². The Bertz CT molecular complexity index is 2010. The summed E-state index contributed by atoms with van der Waals surface area (Å²) in [7, 11) is 0. The molecule has 4 N–H and O–H groups in total. The molecule has 2 unspecified atom stereocenters. The minimum Gasteiger partial charge on any atom is -0.478 e. The number of carbonyl (C=O) groups is 4. The molecule has 48 heavy (non-hydrogen) atoms. The maximum Gasteiger partial charge on any atom is 0.339 e. The number of hydrogen-bond acceptors (Lipinski definition) is 6. The number of aromatic carboxylic acids is 4. The van der Waals surface area contributed by atoms with E-state index in [0.717, 1.165) is 18.2 Å². The van der Waals surface area contributed by atoms with Gasteiger partial charge in [0, 0.05) is 5.56 Å². The van der Waals surface area contributed by atoms with Crippen LogP contribution in [0.5, 0.6) is 11.5 Å². The van der Waals surface area contributed by atoms with Gasteiger partial charge in [-0.3, -0.25) is 0 Å². The molecular formula is C28H10F10O10. The van der Waals surface area contributed by atoms with Crippen LogP contribution in [0.4, 0.5) is 43.9 Å². The molecule has 0 heterocycles. The van der Waals surface area contributed by atoms with E-state index >= 15 is 26.3 Å². The number of benzene rings is 3. The van der Waals surface area contributed by atoms with Gasteiger partial charge in [-0.05, 0) is 0 Å². The van der Waals surface area contributed by atoms with Crippen molar-refractivity contribution >= 4 is 23.9 Å². The molecule has 0 amide bonds. The molecule has 0 aromatic heterocycles. The summed E-state index contributed by atoms with van der Waals surface area (Å²) in [5.74, 6) is -42.5. The molecule has 1 aliphatic rings. The van der Waals surface area contributed by atoms with Crippen LogP contribution in [-0.4, -0.2) is 50.5 Å². The Morgan fingerprint density at radius 3 is 1.42 bits per heavy atom. The minimum absolute atomic E-state index is 0.590. The Morgan fingerprint density at radius 2 is 0.979 bits per heavy atom. The van der Waals surface area contributed by atoms with E-state index in [-0.39, 0.29) is 0 Å². The number of allylic oxidation sites excluding steroid dienone is 1. The molecular weight excluding hydrogens is 686 g/mol. The monoisotopic (exact) mass is 696 g/mol. The van der Waals surface area contributed by atoms with Gasteiger partial charge >= 0.3 is 23.9 Å². The number of halogens is 10. The highest BCUT2D eigenvalue weighted by Crippen LogP contribution is 2.52. The van der Waals surface area contributed by atoms with Gasteiger partial charge in [-0.15, -0.1) is 0 Å². The Morgan fingerprint density at radius 1 is 0.583 bits per heavy atom. The van der Waals surface area contributed by atoms with Crippen molar-refractivity contribution < 1.29 is 93.0 Å². The van der Waals surface area contributed by atoms with E-state index in [9.17, 15) is 41.8 Å². The van der Waals surface area contributed by atoms with E-state index in [2.05, 4.69) is 9.47 Å². The van der Waals surface area contributed by atoms with Crippen LogP contribution in [0.3, 0.4) is 0 Å². The molecule has 0 bridgehead atoms. The van der Waals surface area contributed by atoms with E-state index in [1.54, 1.807) is 0 Å². The lowest BCUT2D eigenvalue weighted by Gasteiger charge is -2.38. The minimum atomic E-state index is -4.20. The fourth-order valence-corrected chi connectivity index (χ4v) is 4.50. The number of alkyl halides is 1. The number of carboxylic acid groups (broad SMARTS) is 4. The molecule has 3 aromatic carbocycles. The zero-order valence-corrected chi connectivity index (χ0v) is 22.5. The first-order chi connectivity index (χ1) is 22.3. The quantitative estimate of drug-likeness (QED) is 0.146. The lowest BCUT2D eigenvalue weighted by molar-refractivity contribution is -0.0123.